The number of rotatable bonds is 3. The highest BCUT2D eigenvalue weighted by Crippen LogP contribution is 2.10. The molecule has 2 heterocycles. The summed E-state index contributed by atoms with van der Waals surface area (Å²) in [5.74, 6) is 0.756. The quantitative estimate of drug-likeness (QED) is 0.672. The second-order valence-corrected chi connectivity index (χ2v) is 4.57. The number of carbonyl (C=O) groups excluding carboxylic acids is 1. The number of fused-ring (bicyclic) bond motifs is 1. The van der Waals surface area contributed by atoms with Crippen molar-refractivity contribution in [2.45, 2.75) is 13.3 Å². The summed E-state index contributed by atoms with van der Waals surface area (Å²) in [5, 5.41) is 4.39. The van der Waals surface area contributed by atoms with Gasteiger partial charge in [0.05, 0.1) is 0 Å². The zero-order valence-electron chi connectivity index (χ0n) is 10.6. The van der Waals surface area contributed by atoms with Crippen LogP contribution in [-0.4, -0.2) is 20.9 Å². The summed E-state index contributed by atoms with van der Waals surface area (Å²) < 4.78 is 1.65. The third kappa shape index (κ3) is 2.38. The normalized spacial score (nSPS) is 10.8. The van der Waals surface area contributed by atoms with Crippen LogP contribution < -0.4 is 0 Å². The predicted octanol–water partition coefficient (Wildman–Crippen LogP) is 2.44. The largest absolute Gasteiger partial charge is 0.298 e. The van der Waals surface area contributed by atoms with Crippen LogP contribution in [0.25, 0.3) is 5.65 Å². The molecule has 0 unspecified atom stereocenters. The van der Waals surface area contributed by atoms with Gasteiger partial charge in [0.25, 0.3) is 0 Å². The van der Waals surface area contributed by atoms with Crippen LogP contribution >= 0.6 is 0 Å². The van der Waals surface area contributed by atoms with E-state index in [0.29, 0.717) is 12.0 Å². The van der Waals surface area contributed by atoms with E-state index in [9.17, 15) is 4.79 Å². The number of hydrogen-bond donors (Lipinski definition) is 0. The van der Waals surface area contributed by atoms with Gasteiger partial charge in [-0.3, -0.25) is 4.79 Å². The van der Waals surface area contributed by atoms with Crippen molar-refractivity contribution in [2.75, 3.05) is 0 Å². The van der Waals surface area contributed by atoms with Gasteiger partial charge in [0.15, 0.2) is 17.8 Å². The fourth-order valence-electron chi connectivity index (χ4n) is 1.98. The molecule has 3 aromatic rings. The molecule has 4 nitrogen and oxygen atoms in total. The molecule has 94 valence electrons. The molecule has 0 atom stereocenters. The molecule has 0 fully saturated rings. The maximum absolute atomic E-state index is 10.7. The van der Waals surface area contributed by atoms with Crippen LogP contribution in [0.2, 0.25) is 0 Å². The van der Waals surface area contributed by atoms with Gasteiger partial charge in [0, 0.05) is 18.2 Å². The molecular formula is C15H13N3O. The van der Waals surface area contributed by atoms with Crippen LogP contribution in [0.5, 0.6) is 0 Å². The smallest absolute Gasteiger partial charge is 0.156 e. The Bertz CT molecular complexity index is 729. The van der Waals surface area contributed by atoms with E-state index in [1.807, 2.05) is 0 Å². The van der Waals surface area contributed by atoms with Gasteiger partial charge >= 0.3 is 0 Å². The summed E-state index contributed by atoms with van der Waals surface area (Å²) in [6.45, 7) is 2.06. The summed E-state index contributed by atoms with van der Waals surface area (Å²) >= 11 is 0. The zero-order chi connectivity index (χ0) is 13.2. The van der Waals surface area contributed by atoms with E-state index in [-0.39, 0.29) is 0 Å². The van der Waals surface area contributed by atoms with Gasteiger partial charge in [-0.1, -0.05) is 29.8 Å². The van der Waals surface area contributed by atoms with E-state index in [1.165, 1.54) is 11.1 Å². The molecule has 4 heteroatoms. The number of benzene rings is 1. The molecule has 0 spiro atoms. The molecule has 0 radical (unpaired) electrons. The van der Waals surface area contributed by atoms with Gasteiger partial charge < -0.3 is 0 Å². The van der Waals surface area contributed by atoms with Crippen molar-refractivity contribution in [3.8, 4) is 0 Å². The number of nitrogens with zero attached hydrogens (tertiary/aromatic N) is 3. The molecular weight excluding hydrogens is 238 g/mol. The second-order valence-electron chi connectivity index (χ2n) is 4.57. The maximum Gasteiger partial charge on any atom is 0.156 e. The lowest BCUT2D eigenvalue weighted by atomic mass is 10.1. The van der Waals surface area contributed by atoms with Crippen LogP contribution in [0.4, 0.5) is 0 Å². The summed E-state index contributed by atoms with van der Waals surface area (Å²) in [5.41, 5.74) is 3.77. The third-order valence-electron chi connectivity index (χ3n) is 3.02. The lowest BCUT2D eigenvalue weighted by Gasteiger charge is -1.97. The number of aryl methyl sites for hydroxylation is 1. The van der Waals surface area contributed by atoms with Crippen LogP contribution in [0.3, 0.4) is 0 Å². The van der Waals surface area contributed by atoms with Gasteiger partial charge in [-0.15, -0.1) is 0 Å². The fourth-order valence-corrected chi connectivity index (χ4v) is 1.98. The standard InChI is InChI=1S/C15H13N3O/c1-11-2-4-12(5-3-11)8-14-16-15-7-6-13(10-19)9-18(15)17-14/h2-7,9-10H,8H2,1H3. The minimum absolute atomic E-state index is 0.597. The molecule has 0 saturated carbocycles. The number of hydrogen-bond acceptors (Lipinski definition) is 3. The van der Waals surface area contributed by atoms with Crippen molar-refractivity contribution < 1.29 is 4.79 Å². The summed E-state index contributed by atoms with van der Waals surface area (Å²) in [6.07, 6.45) is 3.19. The van der Waals surface area contributed by atoms with Crippen molar-refractivity contribution in [2.24, 2.45) is 0 Å². The fraction of sp³-hybridized carbons (Fsp3) is 0.133. The van der Waals surface area contributed by atoms with E-state index in [2.05, 4.69) is 41.3 Å². The topological polar surface area (TPSA) is 47.3 Å². The Kier molecular flexibility index (Phi) is 2.83. The highest BCUT2D eigenvalue weighted by Gasteiger charge is 2.05. The lowest BCUT2D eigenvalue weighted by Crippen LogP contribution is -1.93. The van der Waals surface area contributed by atoms with E-state index in [1.54, 1.807) is 22.8 Å². The number of aldehydes is 1. The molecule has 19 heavy (non-hydrogen) atoms. The van der Waals surface area contributed by atoms with Gasteiger partial charge in [-0.2, -0.15) is 5.10 Å². The molecule has 0 bridgehead atoms. The van der Waals surface area contributed by atoms with Crippen molar-refractivity contribution >= 4 is 11.9 Å². The van der Waals surface area contributed by atoms with Crippen molar-refractivity contribution in [3.05, 3.63) is 65.1 Å². The molecule has 2 aromatic heterocycles. The zero-order valence-corrected chi connectivity index (χ0v) is 10.6. The Balaban J connectivity index is 1.92. The van der Waals surface area contributed by atoms with Crippen molar-refractivity contribution in [1.82, 2.24) is 14.6 Å². The van der Waals surface area contributed by atoms with Gasteiger partial charge in [-0.05, 0) is 24.6 Å². The van der Waals surface area contributed by atoms with Gasteiger partial charge in [-0.25, -0.2) is 9.50 Å². The molecule has 0 aliphatic carbocycles. The Morgan fingerprint density at radius 3 is 2.68 bits per heavy atom. The first-order chi connectivity index (χ1) is 9.24. The van der Waals surface area contributed by atoms with Crippen LogP contribution in [0, 0.1) is 6.92 Å². The molecule has 0 amide bonds. The van der Waals surface area contributed by atoms with Crippen molar-refractivity contribution in [1.29, 1.82) is 0 Å². The first kappa shape index (κ1) is 11.6. The minimum atomic E-state index is 0.597. The number of pyridine rings is 1. The van der Waals surface area contributed by atoms with E-state index < -0.39 is 0 Å². The molecule has 0 N–H and O–H groups in total. The highest BCUT2D eigenvalue weighted by molar-refractivity contribution is 5.74. The van der Waals surface area contributed by atoms with Crippen LogP contribution in [-0.2, 0) is 6.42 Å². The summed E-state index contributed by atoms with van der Waals surface area (Å²) in [6, 6.07) is 11.9. The van der Waals surface area contributed by atoms with E-state index in [4.69, 9.17) is 0 Å². The SMILES string of the molecule is Cc1ccc(Cc2nc3ccc(C=O)cn3n2)cc1. The molecule has 0 aliphatic rings. The average Bonchev–Trinajstić information content (AvgIpc) is 2.82. The Morgan fingerprint density at radius 2 is 1.95 bits per heavy atom. The monoisotopic (exact) mass is 251 g/mol. The second kappa shape index (κ2) is 4.65. The van der Waals surface area contributed by atoms with Gasteiger partial charge in [0.2, 0.25) is 0 Å². The molecule has 1 aromatic carbocycles. The third-order valence-corrected chi connectivity index (χ3v) is 3.02. The Hall–Kier alpha value is -2.49. The van der Waals surface area contributed by atoms with Crippen molar-refractivity contribution in [3.63, 3.8) is 0 Å². The highest BCUT2D eigenvalue weighted by atomic mass is 16.1. The van der Waals surface area contributed by atoms with Crippen LogP contribution in [0.15, 0.2) is 42.6 Å². The maximum atomic E-state index is 10.7. The summed E-state index contributed by atoms with van der Waals surface area (Å²) in [4.78, 5) is 15.2. The minimum Gasteiger partial charge on any atom is -0.298 e. The average molecular weight is 251 g/mol. The van der Waals surface area contributed by atoms with E-state index in [0.717, 1.165) is 17.8 Å². The first-order valence-corrected chi connectivity index (χ1v) is 6.10. The molecule has 0 saturated heterocycles. The van der Waals surface area contributed by atoms with Gasteiger partial charge in [0.1, 0.15) is 0 Å². The lowest BCUT2D eigenvalue weighted by molar-refractivity contribution is 0.112. The molecule has 3 rings (SSSR count). The Morgan fingerprint density at radius 1 is 1.16 bits per heavy atom. The Labute approximate surface area is 110 Å². The predicted molar refractivity (Wildman–Crippen MR) is 72.4 cm³/mol. The van der Waals surface area contributed by atoms with E-state index >= 15 is 0 Å². The van der Waals surface area contributed by atoms with Crippen LogP contribution in [0.1, 0.15) is 27.3 Å². The number of aromatic nitrogens is 3. The summed E-state index contributed by atoms with van der Waals surface area (Å²) in [7, 11) is 0. The molecule has 0 aliphatic heterocycles. The number of carbonyl (C=O) groups is 1. The first-order valence-electron chi connectivity index (χ1n) is 6.10.